The summed E-state index contributed by atoms with van der Waals surface area (Å²) in [7, 11) is 1.55. The lowest BCUT2D eigenvalue weighted by atomic mass is 10.2. The van der Waals surface area contributed by atoms with Gasteiger partial charge in [0.2, 0.25) is 0 Å². The molecule has 0 unspecified atom stereocenters. The molecule has 4 amide bonds. The summed E-state index contributed by atoms with van der Waals surface area (Å²) in [4.78, 5) is 38.7. The monoisotopic (exact) mass is 358 g/mol. The molecule has 7 heteroatoms. The van der Waals surface area contributed by atoms with Crippen molar-refractivity contribution in [2.75, 3.05) is 7.11 Å². The number of carbonyl (C=O) groups is 3. The number of imide groups is 2. The Bertz CT molecular complexity index is 818. The molecule has 2 aromatic carbocycles. The molecule has 6 nitrogen and oxygen atoms in total. The van der Waals surface area contributed by atoms with Crippen molar-refractivity contribution in [1.29, 1.82) is 0 Å². The van der Waals surface area contributed by atoms with E-state index in [0.29, 0.717) is 16.3 Å². The lowest BCUT2D eigenvalue weighted by molar-refractivity contribution is -0.143. The van der Waals surface area contributed by atoms with Gasteiger partial charge in [0.25, 0.3) is 0 Å². The number of halogens is 1. The number of ether oxygens (including phenoxy) is 1. The highest BCUT2D eigenvalue weighted by Gasteiger charge is 2.44. The van der Waals surface area contributed by atoms with E-state index in [1.807, 2.05) is 0 Å². The molecule has 1 aliphatic rings. The number of amides is 4. The van der Waals surface area contributed by atoms with Crippen molar-refractivity contribution in [1.82, 2.24) is 9.80 Å². The van der Waals surface area contributed by atoms with Crippen LogP contribution in [0.3, 0.4) is 0 Å². The second-order valence-electron chi connectivity index (χ2n) is 5.54. The Morgan fingerprint density at radius 2 is 1.24 bits per heavy atom. The van der Waals surface area contributed by atoms with Crippen molar-refractivity contribution >= 4 is 29.4 Å². The average molecular weight is 359 g/mol. The molecule has 0 atom stereocenters. The SMILES string of the molecule is COc1ccc(CN2C(=O)C(=O)N(Cc3ccc(Cl)cc3)C2=O)cc1. The third-order valence-corrected chi connectivity index (χ3v) is 4.14. The molecule has 0 aromatic heterocycles. The molecule has 1 fully saturated rings. The molecule has 25 heavy (non-hydrogen) atoms. The third-order valence-electron chi connectivity index (χ3n) is 3.89. The van der Waals surface area contributed by atoms with E-state index in [4.69, 9.17) is 16.3 Å². The summed E-state index contributed by atoms with van der Waals surface area (Å²) in [5.41, 5.74) is 1.44. The molecule has 3 rings (SSSR count). The van der Waals surface area contributed by atoms with Gasteiger partial charge in [-0.3, -0.25) is 19.4 Å². The van der Waals surface area contributed by atoms with Gasteiger partial charge in [0, 0.05) is 5.02 Å². The van der Waals surface area contributed by atoms with E-state index in [1.165, 1.54) is 0 Å². The summed E-state index contributed by atoms with van der Waals surface area (Å²) in [5.74, 6) is -0.980. The molecule has 0 saturated carbocycles. The summed E-state index contributed by atoms with van der Waals surface area (Å²) in [5, 5.41) is 0.556. The number of methoxy groups -OCH3 is 1. The highest BCUT2D eigenvalue weighted by molar-refractivity contribution is 6.44. The van der Waals surface area contributed by atoms with Crippen molar-refractivity contribution in [3.8, 4) is 5.75 Å². The van der Waals surface area contributed by atoms with Gasteiger partial charge in [-0.1, -0.05) is 35.9 Å². The fourth-order valence-corrected chi connectivity index (χ4v) is 2.64. The van der Waals surface area contributed by atoms with Gasteiger partial charge >= 0.3 is 17.8 Å². The van der Waals surface area contributed by atoms with E-state index in [-0.39, 0.29) is 13.1 Å². The Morgan fingerprint density at radius 1 is 0.800 bits per heavy atom. The molecule has 0 aliphatic carbocycles. The summed E-state index contributed by atoms with van der Waals surface area (Å²) in [6.07, 6.45) is 0. The Morgan fingerprint density at radius 3 is 1.68 bits per heavy atom. The van der Waals surface area contributed by atoms with Gasteiger partial charge in [0.15, 0.2) is 0 Å². The maximum absolute atomic E-state index is 12.5. The Balaban J connectivity index is 1.75. The Kier molecular flexibility index (Phi) is 4.72. The van der Waals surface area contributed by atoms with Crippen LogP contribution in [0.2, 0.25) is 5.02 Å². The normalized spacial score (nSPS) is 14.4. The zero-order valence-corrected chi connectivity index (χ0v) is 14.2. The van der Waals surface area contributed by atoms with Crippen molar-refractivity contribution in [3.63, 3.8) is 0 Å². The Labute approximate surface area is 149 Å². The second kappa shape index (κ2) is 6.94. The van der Waals surface area contributed by atoms with E-state index < -0.39 is 17.8 Å². The van der Waals surface area contributed by atoms with E-state index >= 15 is 0 Å². The lowest BCUT2D eigenvalue weighted by Gasteiger charge is -2.16. The minimum absolute atomic E-state index is 0.0275. The van der Waals surface area contributed by atoms with Crippen LogP contribution in [0.1, 0.15) is 11.1 Å². The van der Waals surface area contributed by atoms with Gasteiger partial charge in [-0.2, -0.15) is 0 Å². The summed E-state index contributed by atoms with van der Waals surface area (Å²) in [6, 6.07) is 13.1. The van der Waals surface area contributed by atoms with Crippen molar-refractivity contribution < 1.29 is 19.1 Å². The van der Waals surface area contributed by atoms with Crippen LogP contribution >= 0.6 is 11.6 Å². The molecule has 0 N–H and O–H groups in total. The maximum Gasteiger partial charge on any atom is 0.334 e. The minimum atomic E-state index is -0.825. The van der Waals surface area contributed by atoms with Crippen LogP contribution in [-0.4, -0.2) is 34.8 Å². The summed E-state index contributed by atoms with van der Waals surface area (Å²) >= 11 is 5.83. The molecule has 1 heterocycles. The molecule has 1 saturated heterocycles. The quantitative estimate of drug-likeness (QED) is 0.609. The smallest absolute Gasteiger partial charge is 0.334 e. The molecule has 1 aliphatic heterocycles. The van der Waals surface area contributed by atoms with Gasteiger partial charge in [0.1, 0.15) is 5.75 Å². The number of urea groups is 1. The maximum atomic E-state index is 12.5. The first-order valence-electron chi connectivity index (χ1n) is 7.54. The van der Waals surface area contributed by atoms with Crippen LogP contribution in [0, 0.1) is 0 Å². The molecule has 0 spiro atoms. The third kappa shape index (κ3) is 3.49. The Hall–Kier alpha value is -2.86. The second-order valence-corrected chi connectivity index (χ2v) is 5.98. The van der Waals surface area contributed by atoms with E-state index in [1.54, 1.807) is 55.6 Å². The topological polar surface area (TPSA) is 66.9 Å². The summed E-state index contributed by atoms with van der Waals surface area (Å²) < 4.78 is 5.07. The van der Waals surface area contributed by atoms with Crippen LogP contribution in [0.25, 0.3) is 0 Å². The molecule has 0 bridgehead atoms. The van der Waals surface area contributed by atoms with Crippen molar-refractivity contribution in [3.05, 3.63) is 64.7 Å². The first-order chi connectivity index (χ1) is 12.0. The number of benzene rings is 2. The van der Waals surface area contributed by atoms with Gasteiger partial charge in [-0.25, -0.2) is 4.79 Å². The number of rotatable bonds is 5. The van der Waals surface area contributed by atoms with Gasteiger partial charge in [-0.15, -0.1) is 0 Å². The highest BCUT2D eigenvalue weighted by atomic mass is 35.5. The van der Waals surface area contributed by atoms with E-state index in [9.17, 15) is 14.4 Å². The zero-order valence-electron chi connectivity index (χ0n) is 13.4. The minimum Gasteiger partial charge on any atom is -0.497 e. The number of hydrogen-bond acceptors (Lipinski definition) is 4. The predicted octanol–water partition coefficient (Wildman–Crippen LogP) is 2.84. The predicted molar refractivity (Wildman–Crippen MR) is 90.9 cm³/mol. The van der Waals surface area contributed by atoms with Crippen molar-refractivity contribution in [2.45, 2.75) is 13.1 Å². The fraction of sp³-hybridized carbons (Fsp3) is 0.167. The van der Waals surface area contributed by atoms with Crippen molar-refractivity contribution in [2.24, 2.45) is 0 Å². The van der Waals surface area contributed by atoms with Gasteiger partial charge in [0.05, 0.1) is 20.2 Å². The average Bonchev–Trinajstić information content (AvgIpc) is 2.82. The molecule has 0 radical (unpaired) electrons. The lowest BCUT2D eigenvalue weighted by Crippen LogP contribution is -2.32. The molecule has 128 valence electrons. The first kappa shape index (κ1) is 17.0. The van der Waals surface area contributed by atoms with Gasteiger partial charge in [-0.05, 0) is 35.4 Å². The van der Waals surface area contributed by atoms with E-state index in [2.05, 4.69) is 0 Å². The zero-order chi connectivity index (χ0) is 18.0. The fourth-order valence-electron chi connectivity index (χ4n) is 2.52. The van der Waals surface area contributed by atoms with Crippen LogP contribution in [-0.2, 0) is 22.7 Å². The van der Waals surface area contributed by atoms with Crippen LogP contribution in [0.5, 0.6) is 5.75 Å². The standard InChI is InChI=1S/C18H15ClN2O4/c1-25-15-8-4-13(5-9-15)11-21-17(23)16(22)20(18(21)24)10-12-2-6-14(19)7-3-12/h2-9H,10-11H2,1H3. The van der Waals surface area contributed by atoms with E-state index in [0.717, 1.165) is 15.4 Å². The number of nitrogens with zero attached hydrogens (tertiary/aromatic N) is 2. The van der Waals surface area contributed by atoms with Crippen LogP contribution in [0.4, 0.5) is 4.79 Å². The number of carbonyl (C=O) groups excluding carboxylic acids is 3. The largest absolute Gasteiger partial charge is 0.497 e. The molecular formula is C18H15ClN2O4. The molecule has 2 aromatic rings. The van der Waals surface area contributed by atoms with Gasteiger partial charge < -0.3 is 4.74 Å². The van der Waals surface area contributed by atoms with Crippen LogP contribution < -0.4 is 4.74 Å². The highest BCUT2D eigenvalue weighted by Crippen LogP contribution is 2.20. The van der Waals surface area contributed by atoms with Crippen LogP contribution in [0.15, 0.2) is 48.5 Å². The summed E-state index contributed by atoms with van der Waals surface area (Å²) in [6.45, 7) is 0.0597. The molecular weight excluding hydrogens is 344 g/mol. The first-order valence-corrected chi connectivity index (χ1v) is 7.92. The number of hydrogen-bond donors (Lipinski definition) is 0.